The fourth-order valence-corrected chi connectivity index (χ4v) is 4.83. The number of hydrogen-bond acceptors (Lipinski definition) is 5. The van der Waals surface area contributed by atoms with Crippen molar-refractivity contribution in [3.05, 3.63) is 87.4 Å². The van der Waals surface area contributed by atoms with E-state index in [1.807, 2.05) is 26.0 Å². The summed E-state index contributed by atoms with van der Waals surface area (Å²) >= 11 is 6.01. The van der Waals surface area contributed by atoms with Crippen molar-refractivity contribution in [3.63, 3.8) is 0 Å². The van der Waals surface area contributed by atoms with E-state index in [0.29, 0.717) is 16.9 Å². The molecule has 3 aromatic carbocycles. The molecule has 33 heavy (non-hydrogen) atoms. The van der Waals surface area contributed by atoms with Gasteiger partial charge in [0.15, 0.2) is 0 Å². The average molecular weight is 487 g/mol. The number of aryl methyl sites for hydroxylation is 3. The average Bonchev–Trinajstić information content (AvgIpc) is 2.76. The zero-order valence-corrected chi connectivity index (χ0v) is 20.1. The molecule has 7 nitrogen and oxygen atoms in total. The maximum absolute atomic E-state index is 13.1. The summed E-state index contributed by atoms with van der Waals surface area (Å²) in [4.78, 5) is 24.6. The number of carbonyl (C=O) groups excluding carboxylic acids is 2. The van der Waals surface area contributed by atoms with E-state index in [9.17, 15) is 18.0 Å². The molecule has 0 spiro atoms. The number of hydrogen-bond donors (Lipinski definition) is 2. The van der Waals surface area contributed by atoms with Gasteiger partial charge in [-0.2, -0.15) is 0 Å². The Labute approximate surface area is 197 Å². The van der Waals surface area contributed by atoms with Crippen LogP contribution in [0.2, 0.25) is 5.02 Å². The zero-order chi connectivity index (χ0) is 24.3. The molecule has 1 amide bonds. The topological polar surface area (TPSA) is 102 Å². The normalized spacial score (nSPS) is 11.1. The number of methoxy groups -OCH3 is 1. The monoisotopic (exact) mass is 486 g/mol. The van der Waals surface area contributed by atoms with Crippen LogP contribution in [-0.4, -0.2) is 27.4 Å². The van der Waals surface area contributed by atoms with Crippen molar-refractivity contribution in [2.75, 3.05) is 17.1 Å². The Balaban J connectivity index is 1.89. The van der Waals surface area contributed by atoms with E-state index >= 15 is 0 Å². The van der Waals surface area contributed by atoms with Crippen molar-refractivity contribution < 1.29 is 22.7 Å². The largest absolute Gasteiger partial charge is 0.465 e. The van der Waals surface area contributed by atoms with Gasteiger partial charge < -0.3 is 10.1 Å². The molecular formula is C24H23ClN2O5S. The molecule has 2 N–H and O–H groups in total. The van der Waals surface area contributed by atoms with Crippen molar-refractivity contribution in [1.82, 2.24) is 0 Å². The van der Waals surface area contributed by atoms with Crippen LogP contribution in [0.15, 0.2) is 59.5 Å². The third-order valence-electron chi connectivity index (χ3n) is 5.00. The van der Waals surface area contributed by atoms with E-state index < -0.39 is 21.9 Å². The lowest BCUT2D eigenvalue weighted by atomic mass is 10.1. The van der Waals surface area contributed by atoms with Crippen molar-refractivity contribution in [2.45, 2.75) is 25.7 Å². The van der Waals surface area contributed by atoms with Gasteiger partial charge in [-0.15, -0.1) is 0 Å². The SMILES string of the molecule is COC(=O)c1cc(NC(=O)c2ccc(C)c(S(=O)(=O)Nc3ccc(C)cc3C)c2)ccc1Cl. The first kappa shape index (κ1) is 24.3. The van der Waals surface area contributed by atoms with Crippen LogP contribution in [-0.2, 0) is 14.8 Å². The lowest BCUT2D eigenvalue weighted by molar-refractivity contribution is 0.0600. The van der Waals surface area contributed by atoms with E-state index in [0.717, 1.165) is 11.1 Å². The van der Waals surface area contributed by atoms with Gasteiger partial charge in [-0.05, 0) is 68.3 Å². The number of anilines is 2. The Morgan fingerprint density at radius 1 is 0.909 bits per heavy atom. The second-order valence-electron chi connectivity index (χ2n) is 7.54. The van der Waals surface area contributed by atoms with E-state index in [1.165, 1.54) is 37.4 Å². The zero-order valence-electron chi connectivity index (χ0n) is 18.5. The van der Waals surface area contributed by atoms with Crippen molar-refractivity contribution in [1.29, 1.82) is 0 Å². The van der Waals surface area contributed by atoms with E-state index in [-0.39, 0.29) is 21.0 Å². The number of benzene rings is 3. The smallest absolute Gasteiger partial charge is 0.339 e. The number of carbonyl (C=O) groups is 2. The molecule has 0 fully saturated rings. The Morgan fingerprint density at radius 2 is 1.64 bits per heavy atom. The fourth-order valence-electron chi connectivity index (χ4n) is 3.23. The molecule has 0 bridgehead atoms. The Morgan fingerprint density at radius 3 is 2.30 bits per heavy atom. The van der Waals surface area contributed by atoms with Crippen LogP contribution in [0.25, 0.3) is 0 Å². The van der Waals surface area contributed by atoms with Crippen LogP contribution in [0, 0.1) is 20.8 Å². The van der Waals surface area contributed by atoms with Crippen LogP contribution >= 0.6 is 11.6 Å². The summed E-state index contributed by atoms with van der Waals surface area (Å²) in [5.41, 5.74) is 3.30. The molecule has 3 aromatic rings. The molecule has 3 rings (SSSR count). The maximum Gasteiger partial charge on any atom is 0.339 e. The summed E-state index contributed by atoms with van der Waals surface area (Å²) in [6, 6.07) is 14.2. The minimum absolute atomic E-state index is 0.0125. The second kappa shape index (κ2) is 9.64. The molecule has 0 aromatic heterocycles. The van der Waals surface area contributed by atoms with Crippen LogP contribution in [0.5, 0.6) is 0 Å². The number of amides is 1. The van der Waals surface area contributed by atoms with Crippen LogP contribution in [0.3, 0.4) is 0 Å². The molecule has 172 valence electrons. The molecule has 0 heterocycles. The molecule has 0 aliphatic rings. The number of sulfonamides is 1. The summed E-state index contributed by atoms with van der Waals surface area (Å²) < 4.78 is 33.4. The van der Waals surface area contributed by atoms with Gasteiger partial charge >= 0.3 is 5.97 Å². The summed E-state index contributed by atoms with van der Waals surface area (Å²) in [6.45, 7) is 5.39. The minimum Gasteiger partial charge on any atom is -0.465 e. The number of nitrogens with one attached hydrogen (secondary N) is 2. The van der Waals surface area contributed by atoms with Crippen molar-refractivity contribution in [2.24, 2.45) is 0 Å². The summed E-state index contributed by atoms with van der Waals surface area (Å²) in [5, 5.41) is 2.83. The van der Waals surface area contributed by atoms with Crippen LogP contribution in [0.4, 0.5) is 11.4 Å². The van der Waals surface area contributed by atoms with Gasteiger partial charge in [0, 0.05) is 11.3 Å². The quantitative estimate of drug-likeness (QED) is 0.472. The molecule has 9 heteroatoms. The van der Waals surface area contributed by atoms with Crippen molar-refractivity contribution >= 4 is 44.9 Å². The standard InChI is InChI=1S/C24H23ClN2O5S/c1-14-5-10-21(16(3)11-14)27-33(30,31)22-12-17(7-6-15(22)2)23(28)26-18-8-9-20(25)19(13-18)24(29)32-4/h5-13,27H,1-4H3,(H,26,28). The Kier molecular flexibility index (Phi) is 7.09. The number of halogens is 1. The third kappa shape index (κ3) is 5.53. The third-order valence-corrected chi connectivity index (χ3v) is 6.83. The molecule has 0 aliphatic heterocycles. The molecule has 0 radical (unpaired) electrons. The lowest BCUT2D eigenvalue weighted by Gasteiger charge is -2.14. The highest BCUT2D eigenvalue weighted by Crippen LogP contribution is 2.25. The predicted octanol–water partition coefficient (Wildman–Crippen LogP) is 5.10. The highest BCUT2D eigenvalue weighted by Gasteiger charge is 2.21. The highest BCUT2D eigenvalue weighted by molar-refractivity contribution is 7.92. The molecular weight excluding hydrogens is 464 g/mol. The first-order chi connectivity index (χ1) is 15.5. The number of rotatable bonds is 6. The van der Waals surface area contributed by atoms with E-state index in [2.05, 4.69) is 14.8 Å². The van der Waals surface area contributed by atoms with Gasteiger partial charge in [-0.1, -0.05) is 35.4 Å². The molecule has 0 atom stereocenters. The summed E-state index contributed by atoms with van der Waals surface area (Å²) in [7, 11) is -2.72. The lowest BCUT2D eigenvalue weighted by Crippen LogP contribution is -2.17. The van der Waals surface area contributed by atoms with Crippen LogP contribution in [0.1, 0.15) is 37.4 Å². The highest BCUT2D eigenvalue weighted by atomic mass is 35.5. The van der Waals surface area contributed by atoms with Gasteiger partial charge in [0.1, 0.15) is 0 Å². The first-order valence-electron chi connectivity index (χ1n) is 9.92. The predicted molar refractivity (Wildman–Crippen MR) is 129 cm³/mol. The second-order valence-corrected chi connectivity index (χ2v) is 9.60. The first-order valence-corrected chi connectivity index (χ1v) is 11.8. The van der Waals surface area contributed by atoms with Gasteiger partial charge in [0.05, 0.1) is 28.3 Å². The molecule has 0 unspecified atom stereocenters. The maximum atomic E-state index is 13.1. The fraction of sp³-hybridized carbons (Fsp3) is 0.167. The van der Waals surface area contributed by atoms with Crippen molar-refractivity contribution in [3.8, 4) is 0 Å². The molecule has 0 saturated carbocycles. The minimum atomic E-state index is -3.94. The molecule has 0 aliphatic carbocycles. The van der Waals surface area contributed by atoms with E-state index in [4.69, 9.17) is 11.6 Å². The molecule has 0 saturated heterocycles. The number of ether oxygens (including phenoxy) is 1. The summed E-state index contributed by atoms with van der Waals surface area (Å²) in [5.74, 6) is -1.19. The Bertz CT molecular complexity index is 1350. The number of esters is 1. The van der Waals surface area contributed by atoms with E-state index in [1.54, 1.807) is 19.1 Å². The van der Waals surface area contributed by atoms with Gasteiger partial charge in [0.25, 0.3) is 15.9 Å². The van der Waals surface area contributed by atoms with Crippen LogP contribution < -0.4 is 10.0 Å². The summed E-state index contributed by atoms with van der Waals surface area (Å²) in [6.07, 6.45) is 0. The van der Waals surface area contributed by atoms with Gasteiger partial charge in [0.2, 0.25) is 0 Å². The Hall–Kier alpha value is -3.36. The van der Waals surface area contributed by atoms with Gasteiger partial charge in [-0.3, -0.25) is 9.52 Å². The van der Waals surface area contributed by atoms with Gasteiger partial charge in [-0.25, -0.2) is 13.2 Å².